The van der Waals surface area contributed by atoms with Crippen molar-refractivity contribution in [3.8, 4) is 44.5 Å². The average Bonchev–Trinajstić information content (AvgIpc) is 3.11. The Balaban J connectivity index is 1.52. The maximum absolute atomic E-state index is 2.27. The fraction of sp³-hybridized carbons (Fsp3) is 0. The molecule has 0 fully saturated rings. The molecule has 26 heavy (non-hydrogen) atoms. The van der Waals surface area contributed by atoms with E-state index < -0.39 is 0 Å². The summed E-state index contributed by atoms with van der Waals surface area (Å²) in [5.41, 5.74) is 10.2. The van der Waals surface area contributed by atoms with Gasteiger partial charge in [0.15, 0.2) is 0 Å². The van der Waals surface area contributed by atoms with E-state index in [1.807, 2.05) is 0 Å². The van der Waals surface area contributed by atoms with Crippen molar-refractivity contribution in [2.24, 2.45) is 0 Å². The molecule has 0 radical (unpaired) electrons. The molecule has 0 nitrogen and oxygen atoms in total. The van der Waals surface area contributed by atoms with Gasteiger partial charge < -0.3 is 0 Å². The smallest absolute Gasteiger partial charge is 0.0172 e. The highest BCUT2D eigenvalue weighted by Gasteiger charge is 2.09. The molecule has 1 aromatic rings. The zero-order chi connectivity index (χ0) is 17.3. The molecule has 0 amide bonds. The monoisotopic (exact) mass is 330 g/mol. The lowest BCUT2D eigenvalue weighted by Gasteiger charge is -2.01. The molecule has 0 aliphatic heterocycles. The van der Waals surface area contributed by atoms with Crippen molar-refractivity contribution in [2.45, 2.75) is 0 Å². The molecule has 5 rings (SSSR count). The highest BCUT2D eigenvalue weighted by Crippen LogP contribution is 2.35. The van der Waals surface area contributed by atoms with Gasteiger partial charge in [-0.05, 0) is 68.8 Å². The van der Waals surface area contributed by atoms with Crippen LogP contribution in [-0.2, 0) is 0 Å². The van der Waals surface area contributed by atoms with Crippen LogP contribution < -0.4 is 0 Å². The van der Waals surface area contributed by atoms with Crippen molar-refractivity contribution in [1.29, 1.82) is 0 Å². The van der Waals surface area contributed by atoms with E-state index >= 15 is 0 Å². The van der Waals surface area contributed by atoms with Crippen LogP contribution >= 0.6 is 0 Å². The predicted molar refractivity (Wildman–Crippen MR) is 111 cm³/mol. The zero-order valence-electron chi connectivity index (χ0n) is 14.4. The number of rotatable bonds is 2. The van der Waals surface area contributed by atoms with Crippen LogP contribution in [0.15, 0.2) is 109 Å². The maximum Gasteiger partial charge on any atom is -0.0172 e. The molecule has 0 atom stereocenters. The average molecular weight is 330 g/mol. The summed E-state index contributed by atoms with van der Waals surface area (Å²) in [6.45, 7) is 0. The second-order valence-electron chi connectivity index (χ2n) is 6.71. The lowest BCUT2D eigenvalue weighted by atomic mass is 10.0. The Morgan fingerprint density at radius 2 is 0.538 bits per heavy atom. The maximum atomic E-state index is 2.27. The van der Waals surface area contributed by atoms with Gasteiger partial charge >= 0.3 is 0 Å². The molecule has 1 aromatic carbocycles. The second kappa shape index (κ2) is 6.16. The second-order valence-corrected chi connectivity index (χ2v) is 6.71. The van der Waals surface area contributed by atoms with Crippen LogP contribution in [0.25, 0.3) is 44.5 Å². The van der Waals surface area contributed by atoms with Crippen molar-refractivity contribution in [1.82, 2.24) is 0 Å². The van der Waals surface area contributed by atoms with Gasteiger partial charge in [0.05, 0.1) is 0 Å². The van der Waals surface area contributed by atoms with Crippen LogP contribution in [0.1, 0.15) is 0 Å². The van der Waals surface area contributed by atoms with Crippen LogP contribution in [0.4, 0.5) is 0 Å². The lowest BCUT2D eigenvalue weighted by Crippen LogP contribution is -1.76. The highest BCUT2D eigenvalue weighted by atomic mass is 14.1. The first kappa shape index (κ1) is 14.9. The largest absolute Gasteiger partial charge is 0.0622 e. The third-order valence-electron chi connectivity index (χ3n) is 5.01. The summed E-state index contributed by atoms with van der Waals surface area (Å²) in [6.07, 6.45) is 0. The summed E-state index contributed by atoms with van der Waals surface area (Å²) in [5.74, 6) is 0. The Kier molecular flexibility index (Phi) is 3.54. The third kappa shape index (κ3) is 2.66. The molecular weight excluding hydrogens is 312 g/mol. The van der Waals surface area contributed by atoms with E-state index in [0.717, 1.165) is 0 Å². The van der Waals surface area contributed by atoms with Gasteiger partial charge in [-0.25, -0.2) is 0 Å². The normalized spacial score (nSPS) is 11.1. The molecule has 0 unspecified atom stereocenters. The van der Waals surface area contributed by atoms with E-state index in [1.54, 1.807) is 0 Å². The van der Waals surface area contributed by atoms with Gasteiger partial charge in [-0.15, -0.1) is 0 Å². The van der Waals surface area contributed by atoms with Crippen molar-refractivity contribution < 1.29 is 0 Å². The van der Waals surface area contributed by atoms with E-state index in [2.05, 4.69) is 109 Å². The molecule has 0 aromatic heterocycles. The van der Waals surface area contributed by atoms with Crippen molar-refractivity contribution >= 4 is 0 Å². The molecule has 0 N–H and O–H groups in total. The first-order chi connectivity index (χ1) is 12.9. The fourth-order valence-electron chi connectivity index (χ4n) is 3.62. The predicted octanol–water partition coefficient (Wildman–Crippen LogP) is 7.23. The SMILES string of the molecule is c1ccc2cc(-c3ccc(-c4cc5cccccc-5c4)cc3)cc-2cc1. The summed E-state index contributed by atoms with van der Waals surface area (Å²) < 4.78 is 0. The summed E-state index contributed by atoms with van der Waals surface area (Å²) in [4.78, 5) is 0. The molecule has 0 saturated carbocycles. The molecule has 0 heterocycles. The summed E-state index contributed by atoms with van der Waals surface area (Å²) >= 11 is 0. The molecule has 0 heteroatoms. The van der Waals surface area contributed by atoms with Crippen LogP contribution in [0.5, 0.6) is 0 Å². The lowest BCUT2D eigenvalue weighted by molar-refractivity contribution is 1.65. The highest BCUT2D eigenvalue weighted by molar-refractivity contribution is 5.83. The minimum atomic E-state index is 1.26. The van der Waals surface area contributed by atoms with Gasteiger partial charge in [0.25, 0.3) is 0 Å². The molecule has 0 saturated heterocycles. The minimum Gasteiger partial charge on any atom is -0.0622 e. The molecule has 4 aliphatic rings. The van der Waals surface area contributed by atoms with Crippen molar-refractivity contribution in [3.63, 3.8) is 0 Å². The van der Waals surface area contributed by atoms with E-state index in [4.69, 9.17) is 0 Å². The quantitative estimate of drug-likeness (QED) is 0.320. The van der Waals surface area contributed by atoms with Crippen LogP contribution in [0.2, 0.25) is 0 Å². The third-order valence-corrected chi connectivity index (χ3v) is 5.01. The van der Waals surface area contributed by atoms with Gasteiger partial charge in [-0.3, -0.25) is 0 Å². The van der Waals surface area contributed by atoms with Gasteiger partial charge in [0.2, 0.25) is 0 Å². The topological polar surface area (TPSA) is 0 Å². The summed E-state index contributed by atoms with van der Waals surface area (Å²) in [7, 11) is 0. The number of fused-ring (bicyclic) bond motifs is 2. The van der Waals surface area contributed by atoms with Gasteiger partial charge in [0, 0.05) is 0 Å². The molecule has 0 bridgehead atoms. The molecular formula is C26H18. The van der Waals surface area contributed by atoms with Gasteiger partial charge in [-0.2, -0.15) is 0 Å². The number of benzene rings is 1. The fourth-order valence-corrected chi connectivity index (χ4v) is 3.62. The number of hydrogen-bond donors (Lipinski definition) is 0. The molecule has 0 spiro atoms. The van der Waals surface area contributed by atoms with Crippen LogP contribution in [-0.4, -0.2) is 0 Å². The first-order valence-electron chi connectivity index (χ1n) is 8.95. The van der Waals surface area contributed by atoms with Gasteiger partial charge in [0.1, 0.15) is 0 Å². The Bertz CT molecular complexity index is 965. The van der Waals surface area contributed by atoms with Crippen LogP contribution in [0.3, 0.4) is 0 Å². The Labute approximate surface area is 154 Å². The molecule has 4 aliphatic carbocycles. The Morgan fingerprint density at radius 3 is 0.846 bits per heavy atom. The van der Waals surface area contributed by atoms with Crippen LogP contribution in [0, 0.1) is 0 Å². The standard InChI is InChI=1S/C26H18/c1-3-7-21-15-25(16-22(21)8-4-1)19-11-13-20(14-12-19)26-17-23-9-5-2-6-10-24(23)18-26/h1-18H. The van der Waals surface area contributed by atoms with Crippen molar-refractivity contribution in [3.05, 3.63) is 109 Å². The Morgan fingerprint density at radius 1 is 0.231 bits per heavy atom. The zero-order valence-corrected chi connectivity index (χ0v) is 14.4. The van der Waals surface area contributed by atoms with E-state index in [0.29, 0.717) is 0 Å². The van der Waals surface area contributed by atoms with Crippen molar-refractivity contribution in [2.75, 3.05) is 0 Å². The van der Waals surface area contributed by atoms with Gasteiger partial charge in [-0.1, -0.05) is 84.9 Å². The van der Waals surface area contributed by atoms with E-state index in [-0.39, 0.29) is 0 Å². The summed E-state index contributed by atoms with van der Waals surface area (Å²) in [6, 6.07) is 39.1. The first-order valence-corrected chi connectivity index (χ1v) is 8.95. The molecule has 122 valence electrons. The van der Waals surface area contributed by atoms with E-state index in [1.165, 1.54) is 44.5 Å². The minimum absolute atomic E-state index is 1.26. The number of hydrogen-bond acceptors (Lipinski definition) is 0. The Hall–Kier alpha value is -3.38. The van der Waals surface area contributed by atoms with E-state index in [9.17, 15) is 0 Å². The summed E-state index contributed by atoms with van der Waals surface area (Å²) in [5, 5.41) is 0.